The fourth-order valence-corrected chi connectivity index (χ4v) is 2.69. The minimum absolute atomic E-state index is 0.600. The number of nitrogens with zero attached hydrogens (tertiary/aromatic N) is 3. The third kappa shape index (κ3) is 2.54. The first-order chi connectivity index (χ1) is 9.38. The van der Waals surface area contributed by atoms with Gasteiger partial charge in [0, 0.05) is 5.92 Å². The molecule has 4 nitrogen and oxygen atoms in total. The van der Waals surface area contributed by atoms with Crippen LogP contribution in [0, 0.1) is 0 Å². The van der Waals surface area contributed by atoms with Crippen LogP contribution in [-0.4, -0.2) is 21.3 Å². The molecule has 1 aromatic carbocycles. The summed E-state index contributed by atoms with van der Waals surface area (Å²) in [4.78, 5) is 4.34. The van der Waals surface area contributed by atoms with Crippen molar-refractivity contribution in [2.45, 2.75) is 38.8 Å². The molecule has 0 fully saturated rings. The summed E-state index contributed by atoms with van der Waals surface area (Å²) < 4.78 is 2.04. The van der Waals surface area contributed by atoms with E-state index < -0.39 is 0 Å². The highest BCUT2D eigenvalue weighted by molar-refractivity contribution is 5.39. The predicted molar refractivity (Wildman–Crippen MR) is 74.9 cm³/mol. The third-order valence-electron chi connectivity index (χ3n) is 3.76. The molecule has 1 aliphatic rings. The number of hydrogen-bond donors (Lipinski definition) is 1. The number of rotatable bonds is 6. The molecule has 0 saturated carbocycles. The second kappa shape index (κ2) is 5.53. The lowest BCUT2D eigenvalue weighted by Crippen LogP contribution is -2.25. The van der Waals surface area contributed by atoms with Crippen molar-refractivity contribution in [1.29, 1.82) is 0 Å². The van der Waals surface area contributed by atoms with Crippen LogP contribution in [0.1, 0.15) is 36.2 Å². The van der Waals surface area contributed by atoms with Crippen LogP contribution in [0.2, 0.25) is 0 Å². The first-order valence-electron chi connectivity index (χ1n) is 7.03. The lowest BCUT2D eigenvalue weighted by Gasteiger charge is -2.30. The molecule has 1 aromatic heterocycles. The van der Waals surface area contributed by atoms with Crippen LogP contribution in [0.4, 0.5) is 0 Å². The smallest absolute Gasteiger partial charge is 0.140 e. The largest absolute Gasteiger partial charge is 0.310 e. The molecule has 0 radical (unpaired) electrons. The Morgan fingerprint density at radius 2 is 2.26 bits per heavy atom. The second-order valence-corrected chi connectivity index (χ2v) is 5.14. The lowest BCUT2D eigenvalue weighted by atomic mass is 9.78. The molecule has 4 heteroatoms. The van der Waals surface area contributed by atoms with Crippen molar-refractivity contribution in [2.75, 3.05) is 6.54 Å². The lowest BCUT2D eigenvalue weighted by molar-refractivity contribution is 0.453. The summed E-state index contributed by atoms with van der Waals surface area (Å²) in [5.41, 5.74) is 2.96. The summed E-state index contributed by atoms with van der Waals surface area (Å²) in [5, 5.41) is 7.74. The van der Waals surface area contributed by atoms with Crippen LogP contribution in [0.25, 0.3) is 0 Å². The Kier molecular flexibility index (Phi) is 3.60. The van der Waals surface area contributed by atoms with Crippen molar-refractivity contribution in [3.63, 3.8) is 0 Å². The molecule has 0 aliphatic heterocycles. The van der Waals surface area contributed by atoms with Gasteiger partial charge in [-0.3, -0.25) is 0 Å². The fourth-order valence-electron chi connectivity index (χ4n) is 2.69. The van der Waals surface area contributed by atoms with Gasteiger partial charge in [0.1, 0.15) is 12.2 Å². The fraction of sp³-hybridized carbons (Fsp3) is 0.467. The van der Waals surface area contributed by atoms with Gasteiger partial charge in [-0.25, -0.2) is 9.67 Å². The molecule has 0 amide bonds. The Morgan fingerprint density at radius 3 is 3.11 bits per heavy atom. The number of hydrogen-bond acceptors (Lipinski definition) is 3. The zero-order valence-electron chi connectivity index (χ0n) is 11.3. The monoisotopic (exact) mass is 256 g/mol. The number of nitrogens with one attached hydrogen (secondary N) is 1. The first kappa shape index (κ1) is 12.4. The highest BCUT2D eigenvalue weighted by Gasteiger charge is 2.26. The normalized spacial score (nSPS) is 17.0. The molecule has 0 spiro atoms. The first-order valence-corrected chi connectivity index (χ1v) is 7.03. The molecule has 1 heterocycles. The average molecular weight is 256 g/mol. The Labute approximate surface area is 113 Å². The van der Waals surface area contributed by atoms with Gasteiger partial charge in [-0.2, -0.15) is 5.10 Å². The summed E-state index contributed by atoms with van der Waals surface area (Å²) in [7, 11) is 0. The zero-order valence-corrected chi connectivity index (χ0v) is 11.3. The zero-order chi connectivity index (χ0) is 13.1. The van der Waals surface area contributed by atoms with Crippen LogP contribution < -0.4 is 5.32 Å². The van der Waals surface area contributed by atoms with E-state index >= 15 is 0 Å². The van der Waals surface area contributed by atoms with E-state index in [4.69, 9.17) is 0 Å². The van der Waals surface area contributed by atoms with E-state index in [-0.39, 0.29) is 0 Å². The molecular weight excluding hydrogens is 236 g/mol. The Balaban J connectivity index is 1.64. The Hall–Kier alpha value is -1.68. The van der Waals surface area contributed by atoms with Gasteiger partial charge in [0.25, 0.3) is 0 Å². The van der Waals surface area contributed by atoms with Crippen LogP contribution in [0.15, 0.2) is 30.6 Å². The van der Waals surface area contributed by atoms with Gasteiger partial charge in [-0.1, -0.05) is 31.2 Å². The van der Waals surface area contributed by atoms with Crippen molar-refractivity contribution in [2.24, 2.45) is 0 Å². The van der Waals surface area contributed by atoms with Gasteiger partial charge in [0.2, 0.25) is 0 Å². The van der Waals surface area contributed by atoms with Gasteiger partial charge in [-0.05, 0) is 30.5 Å². The van der Waals surface area contributed by atoms with Crippen molar-refractivity contribution in [3.05, 3.63) is 47.5 Å². The Morgan fingerprint density at radius 1 is 1.37 bits per heavy atom. The average Bonchev–Trinajstić information content (AvgIpc) is 2.84. The van der Waals surface area contributed by atoms with Gasteiger partial charge in [0.05, 0.1) is 13.1 Å². The van der Waals surface area contributed by atoms with E-state index in [2.05, 4.69) is 46.6 Å². The van der Waals surface area contributed by atoms with Crippen molar-refractivity contribution in [3.8, 4) is 0 Å². The minimum atomic E-state index is 0.600. The van der Waals surface area contributed by atoms with E-state index in [1.807, 2.05) is 4.68 Å². The van der Waals surface area contributed by atoms with Crippen LogP contribution in [0.5, 0.6) is 0 Å². The predicted octanol–water partition coefficient (Wildman–Crippen LogP) is 2.12. The molecule has 100 valence electrons. The van der Waals surface area contributed by atoms with Crippen LogP contribution >= 0.6 is 0 Å². The molecule has 3 rings (SSSR count). The Bertz CT molecular complexity index is 547. The molecule has 1 atom stereocenters. The van der Waals surface area contributed by atoms with E-state index in [9.17, 15) is 0 Å². The summed E-state index contributed by atoms with van der Waals surface area (Å²) in [6.07, 6.45) is 3.97. The van der Waals surface area contributed by atoms with E-state index in [1.165, 1.54) is 11.1 Å². The van der Waals surface area contributed by atoms with Gasteiger partial charge >= 0.3 is 0 Å². The molecular formula is C15H20N4. The molecule has 1 N–H and O–H groups in total. The number of benzene rings is 1. The summed E-state index contributed by atoms with van der Waals surface area (Å²) >= 11 is 0. The second-order valence-electron chi connectivity index (χ2n) is 5.14. The van der Waals surface area contributed by atoms with E-state index in [1.54, 1.807) is 6.33 Å². The topological polar surface area (TPSA) is 42.7 Å². The maximum atomic E-state index is 4.36. The summed E-state index contributed by atoms with van der Waals surface area (Å²) in [5.74, 6) is 1.64. The molecule has 0 saturated heterocycles. The molecule has 1 unspecified atom stereocenters. The third-order valence-corrected chi connectivity index (χ3v) is 3.76. The standard InChI is InChI=1S/C15H20N4/c1-2-7-16-9-15-17-11-18-19(15)10-13-8-12-5-3-4-6-14(12)13/h3-6,11,13,16H,2,7-10H2,1H3. The maximum Gasteiger partial charge on any atom is 0.140 e. The van der Waals surface area contributed by atoms with Crippen LogP contribution in [-0.2, 0) is 19.5 Å². The highest BCUT2D eigenvalue weighted by atomic mass is 15.3. The van der Waals surface area contributed by atoms with Crippen molar-refractivity contribution < 1.29 is 0 Å². The quantitative estimate of drug-likeness (QED) is 0.805. The van der Waals surface area contributed by atoms with Crippen molar-refractivity contribution >= 4 is 0 Å². The molecule has 2 aromatic rings. The van der Waals surface area contributed by atoms with Gasteiger partial charge in [0.15, 0.2) is 0 Å². The molecule has 0 bridgehead atoms. The van der Waals surface area contributed by atoms with Gasteiger partial charge < -0.3 is 5.32 Å². The summed E-state index contributed by atoms with van der Waals surface area (Å²) in [6, 6.07) is 8.69. The molecule has 19 heavy (non-hydrogen) atoms. The maximum absolute atomic E-state index is 4.36. The van der Waals surface area contributed by atoms with Crippen LogP contribution in [0.3, 0.4) is 0 Å². The number of aromatic nitrogens is 3. The van der Waals surface area contributed by atoms with Crippen molar-refractivity contribution in [1.82, 2.24) is 20.1 Å². The van der Waals surface area contributed by atoms with E-state index in [0.29, 0.717) is 5.92 Å². The molecule has 1 aliphatic carbocycles. The van der Waals surface area contributed by atoms with E-state index in [0.717, 1.165) is 38.3 Å². The summed E-state index contributed by atoms with van der Waals surface area (Å²) in [6.45, 7) is 4.95. The number of fused-ring (bicyclic) bond motifs is 1. The SMILES string of the molecule is CCCNCc1ncnn1CC1Cc2ccccc21. The minimum Gasteiger partial charge on any atom is -0.310 e. The van der Waals surface area contributed by atoms with Gasteiger partial charge in [-0.15, -0.1) is 0 Å². The highest BCUT2D eigenvalue weighted by Crippen LogP contribution is 2.35.